The minimum absolute atomic E-state index is 0.143. The Balaban J connectivity index is 1.89. The van der Waals surface area contributed by atoms with E-state index >= 15 is 0 Å². The second kappa shape index (κ2) is 10.9. The summed E-state index contributed by atoms with van der Waals surface area (Å²) in [5.74, 6) is -0.0145. The summed E-state index contributed by atoms with van der Waals surface area (Å²) in [4.78, 5) is 28.2. The third kappa shape index (κ3) is 6.27. The molecule has 0 aliphatic carbocycles. The van der Waals surface area contributed by atoms with E-state index < -0.39 is 18.5 Å². The lowest BCUT2D eigenvalue weighted by atomic mass is 10.2. The van der Waals surface area contributed by atoms with E-state index in [0.717, 1.165) is 0 Å². The number of esters is 1. The molecule has 2 N–H and O–H groups in total. The van der Waals surface area contributed by atoms with Crippen LogP contribution in [0.25, 0.3) is 0 Å². The Morgan fingerprint density at radius 1 is 1.21 bits per heavy atom. The van der Waals surface area contributed by atoms with Crippen LogP contribution in [0.15, 0.2) is 36.2 Å². The molecule has 0 saturated heterocycles. The number of ether oxygens (including phenoxy) is 3. The smallest absolute Gasteiger partial charge is 0.358 e. The lowest BCUT2D eigenvalue weighted by Gasteiger charge is -2.13. The molecular weight excluding hydrogens is 382 g/mol. The number of nitrogens with zero attached hydrogens (tertiary/aromatic N) is 1. The Kier molecular flexibility index (Phi) is 8.29. The van der Waals surface area contributed by atoms with Gasteiger partial charge in [-0.05, 0) is 26.0 Å². The summed E-state index contributed by atoms with van der Waals surface area (Å²) >= 11 is 1.27. The molecule has 1 aromatic heterocycles. The molecule has 0 radical (unpaired) electrons. The number of benzene rings is 1. The Hall–Kier alpha value is -3.07. The first-order valence-electron chi connectivity index (χ1n) is 8.74. The van der Waals surface area contributed by atoms with Crippen molar-refractivity contribution in [1.82, 2.24) is 4.98 Å². The van der Waals surface area contributed by atoms with Crippen molar-refractivity contribution in [3.8, 4) is 11.5 Å². The number of carbonyl (C=O) groups excluding carboxylic acids is 2. The van der Waals surface area contributed by atoms with Gasteiger partial charge in [0.1, 0.15) is 0 Å². The van der Waals surface area contributed by atoms with Crippen LogP contribution in [-0.4, -0.2) is 43.2 Å². The van der Waals surface area contributed by atoms with Crippen molar-refractivity contribution in [3.05, 3.63) is 41.9 Å². The SMILES string of the molecule is C=CCNc1nc(C(=O)OCC(=O)Nc2ccc(OCC)c(OCC)c2)cs1. The molecule has 0 unspecified atom stereocenters. The van der Waals surface area contributed by atoms with E-state index in [1.165, 1.54) is 11.3 Å². The van der Waals surface area contributed by atoms with Crippen molar-refractivity contribution in [3.63, 3.8) is 0 Å². The molecule has 0 fully saturated rings. The van der Waals surface area contributed by atoms with Gasteiger partial charge in [-0.25, -0.2) is 9.78 Å². The summed E-state index contributed by atoms with van der Waals surface area (Å²) in [6.45, 7) is 8.41. The number of carbonyl (C=O) groups is 2. The Morgan fingerprint density at radius 2 is 1.96 bits per heavy atom. The molecule has 0 aliphatic rings. The number of hydrogen-bond donors (Lipinski definition) is 2. The first kappa shape index (κ1) is 21.2. The second-order valence-electron chi connectivity index (χ2n) is 5.36. The Morgan fingerprint density at radius 3 is 2.68 bits per heavy atom. The fourth-order valence-electron chi connectivity index (χ4n) is 2.14. The molecule has 2 aromatic rings. The van der Waals surface area contributed by atoms with Gasteiger partial charge in [0, 0.05) is 23.7 Å². The van der Waals surface area contributed by atoms with Crippen LogP contribution in [0.5, 0.6) is 11.5 Å². The van der Waals surface area contributed by atoms with Gasteiger partial charge in [-0.15, -0.1) is 17.9 Å². The highest BCUT2D eigenvalue weighted by molar-refractivity contribution is 7.13. The zero-order valence-electron chi connectivity index (χ0n) is 15.8. The zero-order valence-corrected chi connectivity index (χ0v) is 16.6. The molecule has 8 nitrogen and oxygen atoms in total. The lowest BCUT2D eigenvalue weighted by Crippen LogP contribution is -2.21. The van der Waals surface area contributed by atoms with Gasteiger partial charge in [-0.3, -0.25) is 4.79 Å². The van der Waals surface area contributed by atoms with Crippen LogP contribution < -0.4 is 20.1 Å². The first-order chi connectivity index (χ1) is 13.6. The molecule has 9 heteroatoms. The zero-order chi connectivity index (χ0) is 20.4. The van der Waals surface area contributed by atoms with Crippen molar-refractivity contribution in [2.75, 3.05) is 37.0 Å². The summed E-state index contributed by atoms with van der Waals surface area (Å²) in [6, 6.07) is 5.06. The van der Waals surface area contributed by atoms with Crippen molar-refractivity contribution < 1.29 is 23.8 Å². The fraction of sp³-hybridized carbons (Fsp3) is 0.316. The second-order valence-corrected chi connectivity index (χ2v) is 6.22. The maximum atomic E-state index is 12.1. The number of anilines is 2. The maximum absolute atomic E-state index is 12.1. The molecule has 28 heavy (non-hydrogen) atoms. The van der Waals surface area contributed by atoms with Crippen LogP contribution in [0.2, 0.25) is 0 Å². The highest BCUT2D eigenvalue weighted by atomic mass is 32.1. The molecule has 2 rings (SSSR count). The molecule has 1 heterocycles. The van der Waals surface area contributed by atoms with Crippen LogP contribution in [0.3, 0.4) is 0 Å². The minimum Gasteiger partial charge on any atom is -0.490 e. The van der Waals surface area contributed by atoms with Gasteiger partial charge in [0.05, 0.1) is 13.2 Å². The van der Waals surface area contributed by atoms with Gasteiger partial charge >= 0.3 is 5.97 Å². The van der Waals surface area contributed by atoms with Crippen LogP contribution in [0.4, 0.5) is 10.8 Å². The molecule has 0 bridgehead atoms. The van der Waals surface area contributed by atoms with E-state index in [2.05, 4.69) is 22.2 Å². The number of rotatable bonds is 11. The average molecular weight is 405 g/mol. The van der Waals surface area contributed by atoms with Gasteiger partial charge in [-0.1, -0.05) is 6.08 Å². The topological polar surface area (TPSA) is 98.8 Å². The Labute approximate surface area is 167 Å². The van der Waals surface area contributed by atoms with E-state index in [9.17, 15) is 9.59 Å². The van der Waals surface area contributed by atoms with E-state index in [0.29, 0.717) is 42.1 Å². The van der Waals surface area contributed by atoms with Crippen molar-refractivity contribution >= 4 is 34.0 Å². The largest absolute Gasteiger partial charge is 0.490 e. The minimum atomic E-state index is -0.667. The number of aromatic nitrogens is 1. The van der Waals surface area contributed by atoms with Crippen LogP contribution in [0.1, 0.15) is 24.3 Å². The lowest BCUT2D eigenvalue weighted by molar-refractivity contribution is -0.119. The molecule has 0 spiro atoms. The number of hydrogen-bond acceptors (Lipinski definition) is 8. The highest BCUT2D eigenvalue weighted by Crippen LogP contribution is 2.30. The van der Waals surface area contributed by atoms with E-state index in [1.54, 1.807) is 29.7 Å². The van der Waals surface area contributed by atoms with Crippen LogP contribution in [0, 0.1) is 0 Å². The molecule has 1 amide bonds. The summed E-state index contributed by atoms with van der Waals surface area (Å²) in [7, 11) is 0. The normalized spacial score (nSPS) is 10.1. The average Bonchev–Trinajstić information content (AvgIpc) is 3.16. The number of nitrogens with one attached hydrogen (secondary N) is 2. The molecule has 0 aliphatic heterocycles. The van der Waals surface area contributed by atoms with E-state index in [4.69, 9.17) is 14.2 Å². The maximum Gasteiger partial charge on any atom is 0.358 e. The quantitative estimate of drug-likeness (QED) is 0.437. The van der Waals surface area contributed by atoms with Gasteiger partial charge < -0.3 is 24.8 Å². The van der Waals surface area contributed by atoms with E-state index in [-0.39, 0.29) is 5.69 Å². The Bertz CT molecular complexity index is 822. The first-order valence-corrected chi connectivity index (χ1v) is 9.62. The number of thiazole rings is 1. The summed E-state index contributed by atoms with van der Waals surface area (Å²) < 4.78 is 16.0. The van der Waals surface area contributed by atoms with Crippen molar-refractivity contribution in [2.24, 2.45) is 0 Å². The predicted molar refractivity (Wildman–Crippen MR) is 108 cm³/mol. The summed E-state index contributed by atoms with van der Waals surface area (Å²) in [5, 5.41) is 7.77. The molecule has 150 valence electrons. The molecule has 0 atom stereocenters. The standard InChI is InChI=1S/C19H23N3O5S/c1-4-9-20-19-22-14(12-28-19)18(24)27-11-17(23)21-13-7-8-15(25-5-2)16(10-13)26-6-3/h4,7-8,10,12H,1,5-6,9,11H2,2-3H3,(H,20,22)(H,21,23). The third-order valence-corrected chi connectivity index (χ3v) is 4.07. The van der Waals surface area contributed by atoms with Crippen molar-refractivity contribution in [2.45, 2.75) is 13.8 Å². The molecule has 1 aromatic carbocycles. The number of amides is 1. The molecular formula is C19H23N3O5S. The summed E-state index contributed by atoms with van der Waals surface area (Å²) in [5.41, 5.74) is 0.654. The van der Waals surface area contributed by atoms with Gasteiger partial charge in [0.15, 0.2) is 28.9 Å². The van der Waals surface area contributed by atoms with Crippen LogP contribution in [-0.2, 0) is 9.53 Å². The highest BCUT2D eigenvalue weighted by Gasteiger charge is 2.15. The van der Waals surface area contributed by atoms with Gasteiger partial charge in [0.25, 0.3) is 5.91 Å². The third-order valence-electron chi connectivity index (χ3n) is 3.27. The summed E-state index contributed by atoms with van der Waals surface area (Å²) in [6.07, 6.45) is 1.68. The van der Waals surface area contributed by atoms with Gasteiger partial charge in [-0.2, -0.15) is 0 Å². The monoisotopic (exact) mass is 405 g/mol. The molecule has 0 saturated carbocycles. The fourth-order valence-corrected chi connectivity index (χ4v) is 2.83. The van der Waals surface area contributed by atoms with Crippen LogP contribution >= 0.6 is 11.3 Å². The predicted octanol–water partition coefficient (Wildman–Crippen LogP) is 3.33. The van der Waals surface area contributed by atoms with Crippen molar-refractivity contribution in [1.29, 1.82) is 0 Å². The van der Waals surface area contributed by atoms with Gasteiger partial charge in [0.2, 0.25) is 0 Å². The van der Waals surface area contributed by atoms with E-state index in [1.807, 2.05) is 13.8 Å².